The molecule has 44 heavy (non-hydrogen) atoms. The smallest absolute Gasteiger partial charge is 0.157 e. The molecule has 2 aromatic carbocycles. The number of unbranched alkanes of at least 4 members (excludes halogenated alkanes) is 3. The van der Waals surface area contributed by atoms with Crippen LogP contribution in [-0.4, -0.2) is 49.0 Å². The summed E-state index contributed by atoms with van der Waals surface area (Å²) >= 11 is 0. The molecule has 6 rings (SSSR count). The van der Waals surface area contributed by atoms with E-state index in [-0.39, 0.29) is 12.6 Å². The Morgan fingerprint density at radius 2 is 1.20 bits per heavy atom. The Morgan fingerprint density at radius 1 is 0.591 bits per heavy atom. The molecule has 0 atom stereocenters. The maximum Gasteiger partial charge on any atom is 0.157 e. The number of pyridine rings is 2. The van der Waals surface area contributed by atoms with Gasteiger partial charge in [0.25, 0.3) is 0 Å². The van der Waals surface area contributed by atoms with Crippen LogP contribution in [-0.2, 0) is 25.4 Å². The average Bonchev–Trinajstić information content (AvgIpc) is 3.81. The van der Waals surface area contributed by atoms with E-state index in [4.69, 9.17) is 18.9 Å². The molecular formula is C38H44N2O4. The first-order chi connectivity index (χ1) is 21.8. The summed E-state index contributed by atoms with van der Waals surface area (Å²) in [7, 11) is 0. The van der Waals surface area contributed by atoms with E-state index in [2.05, 4.69) is 76.7 Å². The van der Waals surface area contributed by atoms with E-state index in [0.717, 1.165) is 75.5 Å². The van der Waals surface area contributed by atoms with E-state index < -0.39 is 0 Å². The van der Waals surface area contributed by atoms with E-state index >= 15 is 0 Å². The first-order valence-electron chi connectivity index (χ1n) is 16.0. The Hall–Kier alpha value is -3.68. The van der Waals surface area contributed by atoms with Crippen LogP contribution in [0.1, 0.15) is 56.1 Å². The minimum absolute atomic E-state index is 0.0147. The molecule has 230 valence electrons. The molecule has 6 nitrogen and oxygen atoms in total. The molecule has 0 bridgehead atoms. The first-order valence-corrected chi connectivity index (χ1v) is 16.0. The van der Waals surface area contributed by atoms with Crippen molar-refractivity contribution in [2.24, 2.45) is 0 Å². The van der Waals surface area contributed by atoms with Crippen LogP contribution in [0.4, 0.5) is 0 Å². The van der Waals surface area contributed by atoms with Crippen LogP contribution >= 0.6 is 0 Å². The van der Waals surface area contributed by atoms with Crippen molar-refractivity contribution in [1.82, 2.24) is 9.97 Å². The molecule has 2 aliphatic heterocycles. The molecule has 0 N–H and O–H groups in total. The number of aryl methyl sites for hydroxylation is 1. The van der Waals surface area contributed by atoms with Crippen LogP contribution in [0.15, 0.2) is 103 Å². The normalized spacial score (nSPS) is 15.5. The summed E-state index contributed by atoms with van der Waals surface area (Å²) in [4.78, 5) is 8.81. The molecular weight excluding hydrogens is 548 g/mol. The number of rotatable bonds is 13. The van der Waals surface area contributed by atoms with Gasteiger partial charge in [-0.3, -0.25) is 9.97 Å². The molecule has 0 unspecified atom stereocenters. The molecule has 4 aromatic rings. The van der Waals surface area contributed by atoms with Gasteiger partial charge in [-0.15, -0.1) is 0 Å². The van der Waals surface area contributed by atoms with E-state index in [1.807, 2.05) is 42.7 Å². The van der Waals surface area contributed by atoms with Gasteiger partial charge in [0.1, 0.15) is 0 Å². The Morgan fingerprint density at radius 3 is 1.84 bits per heavy atom. The predicted molar refractivity (Wildman–Crippen MR) is 176 cm³/mol. The van der Waals surface area contributed by atoms with Gasteiger partial charge in [-0.25, -0.2) is 0 Å². The molecule has 2 fully saturated rings. The lowest BCUT2D eigenvalue weighted by atomic mass is 10.0. The zero-order valence-electron chi connectivity index (χ0n) is 25.6. The van der Waals surface area contributed by atoms with Crippen LogP contribution < -0.4 is 0 Å². The summed E-state index contributed by atoms with van der Waals surface area (Å²) in [6, 6.07) is 29.2. The molecule has 6 heteroatoms. The summed E-state index contributed by atoms with van der Waals surface area (Å²) in [5, 5.41) is 0. The van der Waals surface area contributed by atoms with Crippen molar-refractivity contribution in [3.63, 3.8) is 0 Å². The highest BCUT2D eigenvalue weighted by Gasteiger charge is 2.15. The highest BCUT2D eigenvalue weighted by molar-refractivity contribution is 5.64. The molecule has 0 spiro atoms. The Kier molecular flexibility index (Phi) is 13.1. The van der Waals surface area contributed by atoms with Crippen molar-refractivity contribution in [2.45, 2.75) is 63.9 Å². The van der Waals surface area contributed by atoms with Crippen LogP contribution in [0.5, 0.6) is 0 Å². The third kappa shape index (κ3) is 10.8. The molecule has 2 aliphatic rings. The molecule has 4 heterocycles. The van der Waals surface area contributed by atoms with Crippen LogP contribution in [0.25, 0.3) is 28.6 Å². The van der Waals surface area contributed by atoms with Crippen molar-refractivity contribution < 1.29 is 18.9 Å². The van der Waals surface area contributed by atoms with Gasteiger partial charge in [0.05, 0.1) is 37.8 Å². The second-order valence-corrected chi connectivity index (χ2v) is 11.0. The monoisotopic (exact) mass is 592 g/mol. The highest BCUT2D eigenvalue weighted by Crippen LogP contribution is 2.21. The van der Waals surface area contributed by atoms with Crippen molar-refractivity contribution in [3.05, 3.63) is 115 Å². The Labute approximate surface area is 262 Å². The number of aromatic nitrogens is 2. The van der Waals surface area contributed by atoms with Crippen molar-refractivity contribution >= 4 is 6.08 Å². The van der Waals surface area contributed by atoms with E-state index in [9.17, 15) is 0 Å². The minimum Gasteiger partial charge on any atom is -0.350 e. The fourth-order valence-electron chi connectivity index (χ4n) is 5.34. The van der Waals surface area contributed by atoms with E-state index in [0.29, 0.717) is 0 Å². The lowest BCUT2D eigenvalue weighted by Gasteiger charge is -2.08. The van der Waals surface area contributed by atoms with Gasteiger partial charge in [0, 0.05) is 23.5 Å². The minimum atomic E-state index is 0.0147. The van der Waals surface area contributed by atoms with Crippen LogP contribution in [0.2, 0.25) is 0 Å². The number of allylic oxidation sites excluding steroid dienone is 1. The second-order valence-electron chi connectivity index (χ2n) is 11.0. The third-order valence-corrected chi connectivity index (χ3v) is 7.64. The number of hydrogen-bond acceptors (Lipinski definition) is 6. The first kappa shape index (κ1) is 31.7. The summed E-state index contributed by atoms with van der Waals surface area (Å²) in [5.74, 6) is 0. The lowest BCUT2D eigenvalue weighted by Crippen LogP contribution is -2.06. The van der Waals surface area contributed by atoms with Gasteiger partial charge in [-0.1, -0.05) is 67.1 Å². The second kappa shape index (κ2) is 18.2. The largest absolute Gasteiger partial charge is 0.350 e. The Balaban J connectivity index is 0.000000175. The molecule has 2 saturated heterocycles. The molecule has 0 aliphatic carbocycles. The van der Waals surface area contributed by atoms with Gasteiger partial charge < -0.3 is 18.9 Å². The van der Waals surface area contributed by atoms with E-state index in [1.54, 1.807) is 0 Å². The maximum atomic E-state index is 5.45. The fourth-order valence-corrected chi connectivity index (χ4v) is 5.34. The van der Waals surface area contributed by atoms with Crippen LogP contribution in [0.3, 0.4) is 0 Å². The Bertz CT molecular complexity index is 1380. The van der Waals surface area contributed by atoms with Gasteiger partial charge in [-0.05, 0) is 92.5 Å². The van der Waals surface area contributed by atoms with Gasteiger partial charge in [0.15, 0.2) is 12.6 Å². The van der Waals surface area contributed by atoms with E-state index in [1.165, 1.54) is 36.0 Å². The predicted octanol–water partition coefficient (Wildman–Crippen LogP) is 8.53. The lowest BCUT2D eigenvalue weighted by molar-refractivity contribution is -0.0480. The molecule has 2 aromatic heterocycles. The zero-order valence-corrected chi connectivity index (χ0v) is 25.6. The quantitative estimate of drug-likeness (QED) is 0.145. The zero-order chi connectivity index (χ0) is 30.1. The summed E-state index contributed by atoms with van der Waals surface area (Å²) < 4.78 is 21.8. The SMILES string of the molecule is C(=C\c1cccc(-c2ccccn2)c1)/CCCC1OCCO1.c1ccc(-c2cccc(CCCCCC3OCCO3)c2)nc1. The van der Waals surface area contributed by atoms with Crippen molar-refractivity contribution in [2.75, 3.05) is 26.4 Å². The molecule has 0 saturated carbocycles. The highest BCUT2D eigenvalue weighted by atomic mass is 16.7. The topological polar surface area (TPSA) is 62.7 Å². The van der Waals surface area contributed by atoms with Gasteiger partial charge in [0.2, 0.25) is 0 Å². The average molecular weight is 593 g/mol. The summed E-state index contributed by atoms with van der Waals surface area (Å²) in [6.07, 6.45) is 16.9. The molecule has 0 radical (unpaired) electrons. The van der Waals surface area contributed by atoms with Gasteiger partial charge in [-0.2, -0.15) is 0 Å². The fraction of sp³-hybridized carbons (Fsp3) is 0.368. The van der Waals surface area contributed by atoms with Gasteiger partial charge >= 0.3 is 0 Å². The number of nitrogens with zero attached hydrogens (tertiary/aromatic N) is 2. The maximum absolute atomic E-state index is 5.45. The summed E-state index contributed by atoms with van der Waals surface area (Å²) in [5.41, 5.74) is 6.99. The molecule has 0 amide bonds. The number of hydrogen-bond donors (Lipinski definition) is 0. The van der Waals surface area contributed by atoms with Crippen LogP contribution in [0, 0.1) is 0 Å². The van der Waals surface area contributed by atoms with Crippen molar-refractivity contribution in [3.8, 4) is 22.5 Å². The summed E-state index contributed by atoms with van der Waals surface area (Å²) in [6.45, 7) is 2.98. The van der Waals surface area contributed by atoms with Crippen molar-refractivity contribution in [1.29, 1.82) is 0 Å². The number of benzene rings is 2. The standard InChI is InChI=1S/C19H23NO2.C19H21NO2/c2*1(3-11-19-21-13-14-22-19)2-7-16-8-6-9-17(15-16)18-10-4-5-12-20-18/h4-6,8-10,12,15,19H,1-3,7,11,13-14H2;2,4-10,12,15,19H,1,3,11,13-14H2/b;7-2+. The third-order valence-electron chi connectivity index (χ3n) is 7.64. The number of ether oxygens (including phenoxy) is 4.